The molecule has 10 heteroatoms. The van der Waals surface area contributed by atoms with E-state index in [-0.39, 0.29) is 11.7 Å². The van der Waals surface area contributed by atoms with Crippen molar-refractivity contribution in [2.24, 2.45) is 0 Å². The van der Waals surface area contributed by atoms with E-state index in [1.807, 2.05) is 18.2 Å². The summed E-state index contributed by atoms with van der Waals surface area (Å²) in [6.07, 6.45) is 1.05. The fourth-order valence-corrected chi connectivity index (χ4v) is 3.81. The van der Waals surface area contributed by atoms with Crippen LogP contribution in [0.25, 0.3) is 0 Å². The minimum Gasteiger partial charge on any atom is -0.494 e. The Morgan fingerprint density at radius 3 is 2.61 bits per heavy atom. The summed E-state index contributed by atoms with van der Waals surface area (Å²) in [5, 5.41) is 2.77. The summed E-state index contributed by atoms with van der Waals surface area (Å²) in [5.74, 6) is 1.68. The summed E-state index contributed by atoms with van der Waals surface area (Å²) in [7, 11) is -2.01. The van der Waals surface area contributed by atoms with E-state index in [9.17, 15) is 13.2 Å². The van der Waals surface area contributed by atoms with Gasteiger partial charge in [0.2, 0.25) is 15.9 Å². The maximum atomic E-state index is 12.2. The van der Waals surface area contributed by atoms with Crippen LogP contribution in [0.4, 0.5) is 11.4 Å². The van der Waals surface area contributed by atoms with Gasteiger partial charge in [0.15, 0.2) is 11.5 Å². The maximum Gasteiger partial charge on any atom is 0.234 e. The van der Waals surface area contributed by atoms with Gasteiger partial charge in [-0.15, -0.1) is 11.8 Å². The molecule has 2 aromatic rings. The third kappa shape index (κ3) is 5.46. The van der Waals surface area contributed by atoms with Crippen molar-refractivity contribution in [2.75, 3.05) is 42.4 Å². The van der Waals surface area contributed by atoms with Crippen LogP contribution in [0.2, 0.25) is 0 Å². The van der Waals surface area contributed by atoms with Gasteiger partial charge in [0.05, 0.1) is 24.8 Å². The zero-order valence-electron chi connectivity index (χ0n) is 15.4. The molecule has 8 nitrogen and oxygen atoms in total. The van der Waals surface area contributed by atoms with Gasteiger partial charge in [-0.2, -0.15) is 0 Å². The Labute approximate surface area is 167 Å². The molecule has 150 valence electrons. The number of benzene rings is 2. The van der Waals surface area contributed by atoms with E-state index >= 15 is 0 Å². The summed E-state index contributed by atoms with van der Waals surface area (Å²) in [6.45, 7) is 1.04. The number of fused-ring (bicyclic) bond motifs is 1. The van der Waals surface area contributed by atoms with Crippen molar-refractivity contribution in [3.8, 4) is 17.2 Å². The Morgan fingerprint density at radius 1 is 1.14 bits per heavy atom. The number of ether oxygens (including phenoxy) is 3. The van der Waals surface area contributed by atoms with Crippen LogP contribution in [-0.2, 0) is 14.8 Å². The summed E-state index contributed by atoms with van der Waals surface area (Å²) in [6, 6.07) is 10.2. The summed E-state index contributed by atoms with van der Waals surface area (Å²) >= 11 is 1.37. The molecule has 0 aliphatic carbocycles. The Kier molecular flexibility index (Phi) is 6.20. The third-order valence-corrected chi connectivity index (χ3v) is 5.25. The molecule has 0 bridgehead atoms. The number of amides is 1. The highest BCUT2D eigenvalue weighted by Gasteiger charge is 2.14. The lowest BCUT2D eigenvalue weighted by Crippen LogP contribution is -2.16. The van der Waals surface area contributed by atoms with Gasteiger partial charge in [-0.05, 0) is 30.3 Å². The predicted molar refractivity (Wildman–Crippen MR) is 108 cm³/mol. The Hall–Kier alpha value is -2.59. The highest BCUT2D eigenvalue weighted by Crippen LogP contribution is 2.34. The van der Waals surface area contributed by atoms with E-state index < -0.39 is 10.0 Å². The second-order valence-electron chi connectivity index (χ2n) is 5.93. The number of hydrogen-bond acceptors (Lipinski definition) is 7. The lowest BCUT2D eigenvalue weighted by atomic mass is 10.2. The number of rotatable bonds is 7. The van der Waals surface area contributed by atoms with Crippen LogP contribution in [-0.4, -0.2) is 46.7 Å². The van der Waals surface area contributed by atoms with Gasteiger partial charge in [0.1, 0.15) is 19.0 Å². The monoisotopic (exact) mass is 424 g/mol. The summed E-state index contributed by atoms with van der Waals surface area (Å²) in [4.78, 5) is 13.1. The average Bonchev–Trinajstić information content (AvgIpc) is 2.66. The Morgan fingerprint density at radius 2 is 1.89 bits per heavy atom. The number of anilines is 2. The standard InChI is InChI=1S/C18H20N2O6S2/c1-24-16-9-12(3-5-14(16)20-28(2,22)23)19-18(21)11-27-13-4-6-15-17(10-13)26-8-7-25-15/h3-6,9-10,20H,7-8,11H2,1-2H3,(H,19,21). The molecule has 0 unspecified atom stereocenters. The fourth-order valence-electron chi connectivity index (χ4n) is 2.51. The number of nitrogens with one attached hydrogen (secondary N) is 2. The highest BCUT2D eigenvalue weighted by molar-refractivity contribution is 8.00. The molecule has 1 aliphatic heterocycles. The highest BCUT2D eigenvalue weighted by atomic mass is 32.2. The van der Waals surface area contributed by atoms with Crippen LogP contribution in [0.3, 0.4) is 0 Å². The molecule has 1 amide bonds. The van der Waals surface area contributed by atoms with Crippen molar-refractivity contribution in [3.05, 3.63) is 36.4 Å². The molecule has 3 rings (SSSR count). The van der Waals surface area contributed by atoms with Gasteiger partial charge < -0.3 is 19.5 Å². The Balaban J connectivity index is 1.60. The quantitative estimate of drug-likeness (QED) is 0.659. The third-order valence-electron chi connectivity index (χ3n) is 3.66. The summed E-state index contributed by atoms with van der Waals surface area (Å²) < 4.78 is 41.3. The smallest absolute Gasteiger partial charge is 0.234 e. The first kappa shape index (κ1) is 20.2. The maximum absolute atomic E-state index is 12.2. The van der Waals surface area contributed by atoms with Crippen molar-refractivity contribution >= 4 is 39.1 Å². The van der Waals surface area contributed by atoms with Crippen LogP contribution in [0.5, 0.6) is 17.2 Å². The molecule has 0 atom stereocenters. The van der Waals surface area contributed by atoms with E-state index in [1.54, 1.807) is 12.1 Å². The lowest BCUT2D eigenvalue weighted by Gasteiger charge is -2.18. The zero-order valence-corrected chi connectivity index (χ0v) is 17.0. The van der Waals surface area contributed by atoms with Crippen molar-refractivity contribution in [1.82, 2.24) is 0 Å². The van der Waals surface area contributed by atoms with Crippen LogP contribution in [0.1, 0.15) is 0 Å². The van der Waals surface area contributed by atoms with Gasteiger partial charge >= 0.3 is 0 Å². The SMILES string of the molecule is COc1cc(NC(=O)CSc2ccc3c(c2)OCCO3)ccc1NS(C)(=O)=O. The minimum atomic E-state index is -3.43. The molecule has 1 aliphatic rings. The molecule has 0 fully saturated rings. The van der Waals surface area contributed by atoms with Crippen LogP contribution < -0.4 is 24.2 Å². The Bertz CT molecular complexity index is 978. The normalized spacial score (nSPS) is 12.9. The van der Waals surface area contributed by atoms with Crippen molar-refractivity contribution in [3.63, 3.8) is 0 Å². The molecule has 0 saturated heterocycles. The van der Waals surface area contributed by atoms with Gasteiger partial charge in [0, 0.05) is 16.6 Å². The van der Waals surface area contributed by atoms with Crippen molar-refractivity contribution in [2.45, 2.75) is 4.90 Å². The molecule has 0 spiro atoms. The molecule has 0 radical (unpaired) electrons. The number of hydrogen-bond donors (Lipinski definition) is 2. The van der Waals surface area contributed by atoms with Crippen LogP contribution >= 0.6 is 11.8 Å². The first-order valence-electron chi connectivity index (χ1n) is 8.32. The van der Waals surface area contributed by atoms with E-state index in [1.165, 1.54) is 24.9 Å². The summed E-state index contributed by atoms with van der Waals surface area (Å²) in [5.41, 5.74) is 0.803. The number of sulfonamides is 1. The minimum absolute atomic E-state index is 0.200. The largest absolute Gasteiger partial charge is 0.494 e. The van der Waals surface area contributed by atoms with Gasteiger partial charge in [-0.3, -0.25) is 9.52 Å². The molecular formula is C18H20N2O6S2. The zero-order chi connectivity index (χ0) is 20.1. The molecule has 28 heavy (non-hydrogen) atoms. The van der Waals surface area contributed by atoms with Gasteiger partial charge in [-0.1, -0.05) is 0 Å². The molecule has 0 aromatic heterocycles. The van der Waals surface area contributed by atoms with E-state index in [0.717, 1.165) is 11.2 Å². The first-order valence-corrected chi connectivity index (χ1v) is 11.2. The molecule has 0 saturated carbocycles. The second-order valence-corrected chi connectivity index (χ2v) is 8.73. The second kappa shape index (κ2) is 8.61. The van der Waals surface area contributed by atoms with Crippen molar-refractivity contribution in [1.29, 1.82) is 0 Å². The lowest BCUT2D eigenvalue weighted by molar-refractivity contribution is -0.113. The predicted octanol–water partition coefficient (Wildman–Crippen LogP) is 2.57. The number of carbonyl (C=O) groups excluding carboxylic acids is 1. The van der Waals surface area contributed by atoms with E-state index in [4.69, 9.17) is 14.2 Å². The molecule has 1 heterocycles. The molecule has 2 N–H and O–H groups in total. The molecule has 2 aromatic carbocycles. The molecular weight excluding hydrogens is 404 g/mol. The number of thioether (sulfide) groups is 1. The van der Waals surface area contributed by atoms with Crippen LogP contribution in [0, 0.1) is 0 Å². The average molecular weight is 425 g/mol. The number of carbonyl (C=O) groups is 1. The topological polar surface area (TPSA) is 103 Å². The van der Waals surface area contributed by atoms with Gasteiger partial charge in [0.25, 0.3) is 0 Å². The van der Waals surface area contributed by atoms with E-state index in [0.29, 0.717) is 41.8 Å². The number of methoxy groups -OCH3 is 1. The van der Waals surface area contributed by atoms with Crippen molar-refractivity contribution < 1.29 is 27.4 Å². The van der Waals surface area contributed by atoms with Crippen LogP contribution in [0.15, 0.2) is 41.3 Å². The first-order chi connectivity index (χ1) is 13.3. The van der Waals surface area contributed by atoms with E-state index in [2.05, 4.69) is 10.0 Å². The fraction of sp³-hybridized carbons (Fsp3) is 0.278. The van der Waals surface area contributed by atoms with Gasteiger partial charge in [-0.25, -0.2) is 8.42 Å².